The molecule has 1 atom stereocenters. The third-order valence-electron chi connectivity index (χ3n) is 3.50. The molecule has 7 heteroatoms. The first-order valence-electron chi connectivity index (χ1n) is 7.07. The normalized spacial score (nSPS) is 13.0. The number of nitrogens with zero attached hydrogens (tertiary/aromatic N) is 1. The molecule has 2 aromatic rings. The van der Waals surface area contributed by atoms with E-state index < -0.39 is 9.84 Å². The number of carbonyl (C=O) groups is 1. The van der Waals surface area contributed by atoms with Gasteiger partial charge in [-0.25, -0.2) is 8.42 Å². The van der Waals surface area contributed by atoms with Gasteiger partial charge >= 0.3 is 0 Å². The minimum atomic E-state index is -3.26. The third kappa shape index (κ3) is 4.43. The minimum Gasteiger partial charge on any atom is -0.468 e. The molecule has 0 aliphatic heterocycles. The van der Waals surface area contributed by atoms with Crippen LogP contribution in [0.1, 0.15) is 22.2 Å². The van der Waals surface area contributed by atoms with E-state index in [0.29, 0.717) is 12.1 Å². The minimum absolute atomic E-state index is 0.0794. The molecular weight excluding hydrogens is 316 g/mol. The van der Waals surface area contributed by atoms with Crippen molar-refractivity contribution in [1.82, 2.24) is 10.2 Å². The van der Waals surface area contributed by atoms with E-state index in [9.17, 15) is 13.2 Å². The molecule has 124 valence electrons. The number of rotatable bonds is 6. The van der Waals surface area contributed by atoms with Gasteiger partial charge in [-0.15, -0.1) is 0 Å². The Morgan fingerprint density at radius 2 is 1.87 bits per heavy atom. The van der Waals surface area contributed by atoms with Gasteiger partial charge in [0.05, 0.1) is 17.2 Å². The van der Waals surface area contributed by atoms with Gasteiger partial charge in [0.1, 0.15) is 5.76 Å². The molecule has 1 heterocycles. The zero-order chi connectivity index (χ0) is 17.0. The van der Waals surface area contributed by atoms with E-state index >= 15 is 0 Å². The van der Waals surface area contributed by atoms with Crippen molar-refractivity contribution in [3.63, 3.8) is 0 Å². The van der Waals surface area contributed by atoms with E-state index in [2.05, 4.69) is 5.32 Å². The summed E-state index contributed by atoms with van der Waals surface area (Å²) in [6, 6.07) is 9.45. The van der Waals surface area contributed by atoms with Crippen LogP contribution in [0, 0.1) is 0 Å². The summed E-state index contributed by atoms with van der Waals surface area (Å²) in [7, 11) is 0.543. The van der Waals surface area contributed by atoms with Crippen molar-refractivity contribution in [2.75, 3.05) is 26.9 Å². The number of likely N-dealkylation sites (N-methyl/N-ethyl adjacent to an activating group) is 1. The second kappa shape index (κ2) is 6.97. The van der Waals surface area contributed by atoms with Crippen LogP contribution in [0.4, 0.5) is 0 Å². The first kappa shape index (κ1) is 17.2. The van der Waals surface area contributed by atoms with Gasteiger partial charge < -0.3 is 9.73 Å². The Morgan fingerprint density at radius 1 is 1.22 bits per heavy atom. The number of carbonyl (C=O) groups excluding carboxylic acids is 1. The van der Waals surface area contributed by atoms with Crippen molar-refractivity contribution in [3.05, 3.63) is 54.0 Å². The highest BCUT2D eigenvalue weighted by atomic mass is 32.2. The van der Waals surface area contributed by atoms with Crippen molar-refractivity contribution in [1.29, 1.82) is 0 Å². The number of amides is 1. The molecule has 2 rings (SSSR count). The average Bonchev–Trinajstić information content (AvgIpc) is 3.00. The number of nitrogens with one attached hydrogen (secondary N) is 1. The summed E-state index contributed by atoms with van der Waals surface area (Å²) in [6.07, 6.45) is 2.73. The number of furan rings is 1. The van der Waals surface area contributed by atoms with Crippen molar-refractivity contribution in [3.8, 4) is 0 Å². The Hall–Kier alpha value is -2.12. The molecule has 0 saturated carbocycles. The lowest BCUT2D eigenvalue weighted by atomic mass is 10.2. The maximum atomic E-state index is 12.2. The van der Waals surface area contributed by atoms with Crippen LogP contribution in [0.25, 0.3) is 0 Å². The van der Waals surface area contributed by atoms with Crippen LogP contribution in [0.15, 0.2) is 52.0 Å². The zero-order valence-corrected chi connectivity index (χ0v) is 14.1. The summed E-state index contributed by atoms with van der Waals surface area (Å²) in [6.45, 7) is 0.382. The van der Waals surface area contributed by atoms with Gasteiger partial charge in [-0.1, -0.05) is 0 Å². The van der Waals surface area contributed by atoms with E-state index in [-0.39, 0.29) is 16.8 Å². The van der Waals surface area contributed by atoms with Gasteiger partial charge in [-0.2, -0.15) is 0 Å². The molecule has 1 amide bonds. The first-order chi connectivity index (χ1) is 10.8. The van der Waals surface area contributed by atoms with Crippen LogP contribution < -0.4 is 5.32 Å². The van der Waals surface area contributed by atoms with Crippen LogP contribution >= 0.6 is 0 Å². The van der Waals surface area contributed by atoms with Crippen molar-refractivity contribution in [2.24, 2.45) is 0 Å². The standard InChI is InChI=1S/C16H20N2O4S/c1-18(2)14(15-5-4-10-22-15)11-17-16(19)12-6-8-13(9-7-12)23(3,20)21/h4-10,14H,11H2,1-3H3,(H,17,19)/t14-/m0/s1. The Balaban J connectivity index is 2.04. The zero-order valence-electron chi connectivity index (χ0n) is 13.3. The summed E-state index contributed by atoms with van der Waals surface area (Å²) < 4.78 is 28.2. The molecule has 0 spiro atoms. The molecule has 1 N–H and O–H groups in total. The average molecular weight is 336 g/mol. The lowest BCUT2D eigenvalue weighted by Crippen LogP contribution is -2.34. The smallest absolute Gasteiger partial charge is 0.251 e. The molecule has 23 heavy (non-hydrogen) atoms. The number of hydrogen-bond donors (Lipinski definition) is 1. The number of hydrogen-bond acceptors (Lipinski definition) is 5. The second-order valence-electron chi connectivity index (χ2n) is 5.50. The highest BCUT2D eigenvalue weighted by molar-refractivity contribution is 7.90. The fraction of sp³-hybridized carbons (Fsp3) is 0.312. The number of benzene rings is 1. The van der Waals surface area contributed by atoms with Gasteiger partial charge in [0.25, 0.3) is 5.91 Å². The summed E-state index contributed by atoms with van der Waals surface area (Å²) in [5.41, 5.74) is 0.411. The molecule has 1 aromatic heterocycles. The SMILES string of the molecule is CN(C)[C@@H](CNC(=O)c1ccc(S(C)(=O)=O)cc1)c1ccco1. The molecule has 0 aliphatic rings. The molecule has 0 fully saturated rings. The summed E-state index contributed by atoms with van der Waals surface area (Å²) in [4.78, 5) is 14.3. The lowest BCUT2D eigenvalue weighted by molar-refractivity contribution is 0.0939. The Morgan fingerprint density at radius 3 is 2.35 bits per heavy atom. The van der Waals surface area contributed by atoms with E-state index in [1.807, 2.05) is 25.1 Å². The van der Waals surface area contributed by atoms with Gasteiger partial charge in [-0.05, 0) is 50.5 Å². The molecule has 0 radical (unpaired) electrons. The van der Waals surface area contributed by atoms with Gasteiger partial charge in [0, 0.05) is 18.4 Å². The van der Waals surface area contributed by atoms with Crippen molar-refractivity contribution < 1.29 is 17.6 Å². The van der Waals surface area contributed by atoms with Gasteiger partial charge in [0.2, 0.25) is 0 Å². The molecule has 6 nitrogen and oxygen atoms in total. The van der Waals surface area contributed by atoms with E-state index in [1.54, 1.807) is 12.3 Å². The topological polar surface area (TPSA) is 79.6 Å². The van der Waals surface area contributed by atoms with E-state index in [1.165, 1.54) is 24.3 Å². The van der Waals surface area contributed by atoms with Crippen LogP contribution in [0.5, 0.6) is 0 Å². The van der Waals surface area contributed by atoms with Crippen molar-refractivity contribution >= 4 is 15.7 Å². The van der Waals surface area contributed by atoms with Crippen LogP contribution in [-0.4, -0.2) is 46.1 Å². The molecule has 1 aromatic carbocycles. The summed E-state index contributed by atoms with van der Waals surface area (Å²) in [5, 5.41) is 2.84. The van der Waals surface area contributed by atoms with Gasteiger partial charge in [-0.3, -0.25) is 9.69 Å². The maximum absolute atomic E-state index is 12.2. The maximum Gasteiger partial charge on any atom is 0.251 e. The third-order valence-corrected chi connectivity index (χ3v) is 4.62. The van der Waals surface area contributed by atoms with Crippen LogP contribution in [-0.2, 0) is 9.84 Å². The van der Waals surface area contributed by atoms with E-state index in [0.717, 1.165) is 12.0 Å². The monoisotopic (exact) mass is 336 g/mol. The summed E-state index contributed by atoms with van der Waals surface area (Å²) >= 11 is 0. The first-order valence-corrected chi connectivity index (χ1v) is 8.96. The van der Waals surface area contributed by atoms with Gasteiger partial charge in [0.15, 0.2) is 9.84 Å². The molecular formula is C16H20N2O4S. The highest BCUT2D eigenvalue weighted by Crippen LogP contribution is 2.18. The molecule has 0 saturated heterocycles. The largest absolute Gasteiger partial charge is 0.468 e. The van der Waals surface area contributed by atoms with Crippen molar-refractivity contribution in [2.45, 2.75) is 10.9 Å². The predicted octanol–water partition coefficient (Wildman–Crippen LogP) is 1.72. The summed E-state index contributed by atoms with van der Waals surface area (Å²) in [5.74, 6) is 0.506. The molecule has 0 unspecified atom stereocenters. The Kier molecular flexibility index (Phi) is 5.23. The molecule has 0 aliphatic carbocycles. The second-order valence-corrected chi connectivity index (χ2v) is 7.52. The molecule has 0 bridgehead atoms. The quantitative estimate of drug-likeness (QED) is 0.869. The van der Waals surface area contributed by atoms with Crippen LogP contribution in [0.3, 0.4) is 0 Å². The fourth-order valence-electron chi connectivity index (χ4n) is 2.16. The lowest BCUT2D eigenvalue weighted by Gasteiger charge is -2.22. The fourth-order valence-corrected chi connectivity index (χ4v) is 2.79. The Bertz CT molecular complexity index is 750. The van der Waals surface area contributed by atoms with Crippen LogP contribution in [0.2, 0.25) is 0 Å². The highest BCUT2D eigenvalue weighted by Gasteiger charge is 2.18. The van der Waals surface area contributed by atoms with E-state index in [4.69, 9.17) is 4.42 Å². The number of sulfone groups is 1. The Labute approximate surface area is 136 Å². The predicted molar refractivity (Wildman–Crippen MR) is 87.0 cm³/mol.